The van der Waals surface area contributed by atoms with Crippen molar-refractivity contribution in [3.05, 3.63) is 36.9 Å². The monoisotopic (exact) mass is 243 g/mol. The Hall–Kier alpha value is -2.37. The molecule has 0 saturated heterocycles. The van der Waals surface area contributed by atoms with Crippen LogP contribution in [0.15, 0.2) is 41.3 Å². The fourth-order valence-electron chi connectivity index (χ4n) is 1.73. The second-order valence-corrected chi connectivity index (χ2v) is 3.93. The van der Waals surface area contributed by atoms with E-state index in [1.165, 1.54) is 6.33 Å². The van der Waals surface area contributed by atoms with Gasteiger partial charge >= 0.3 is 0 Å². The molecule has 0 fully saturated rings. The molecule has 0 bridgehead atoms. The molecule has 0 amide bonds. The smallest absolute Gasteiger partial charge is 0.295 e. The van der Waals surface area contributed by atoms with Gasteiger partial charge in [-0.25, -0.2) is 4.98 Å². The minimum absolute atomic E-state index is 0.565. The van der Waals surface area contributed by atoms with Gasteiger partial charge in [-0.2, -0.15) is 10.1 Å². The Morgan fingerprint density at radius 1 is 1.28 bits per heavy atom. The van der Waals surface area contributed by atoms with Crippen LogP contribution < -0.4 is 5.32 Å². The molecule has 6 heteroatoms. The predicted octanol–water partition coefficient (Wildman–Crippen LogP) is 1.92. The highest BCUT2D eigenvalue weighted by Crippen LogP contribution is 2.17. The van der Waals surface area contributed by atoms with Crippen LogP contribution in [0.5, 0.6) is 0 Å². The van der Waals surface area contributed by atoms with E-state index in [-0.39, 0.29) is 0 Å². The number of anilines is 1. The first-order valence-corrected chi connectivity index (χ1v) is 5.84. The molecule has 2 aromatic heterocycles. The van der Waals surface area contributed by atoms with Gasteiger partial charge in [0.15, 0.2) is 5.58 Å². The number of nitrogens with one attached hydrogen (secondary N) is 1. The normalized spacial score (nSPS) is 10.9. The SMILES string of the molecule is c1ccc2oc(NCCCn3cncn3)nc2c1. The number of rotatable bonds is 5. The Labute approximate surface area is 104 Å². The maximum atomic E-state index is 5.55. The zero-order valence-corrected chi connectivity index (χ0v) is 9.78. The average Bonchev–Trinajstić information content (AvgIpc) is 3.03. The number of benzene rings is 1. The summed E-state index contributed by atoms with van der Waals surface area (Å²) in [6.07, 6.45) is 4.18. The summed E-state index contributed by atoms with van der Waals surface area (Å²) in [5, 5.41) is 7.19. The summed E-state index contributed by atoms with van der Waals surface area (Å²) in [6.45, 7) is 1.61. The molecule has 1 N–H and O–H groups in total. The maximum Gasteiger partial charge on any atom is 0.295 e. The van der Waals surface area contributed by atoms with E-state index in [2.05, 4.69) is 20.4 Å². The van der Waals surface area contributed by atoms with Crippen molar-refractivity contribution >= 4 is 17.1 Å². The topological polar surface area (TPSA) is 68.8 Å². The third-order valence-corrected chi connectivity index (χ3v) is 2.60. The maximum absolute atomic E-state index is 5.55. The lowest BCUT2D eigenvalue weighted by atomic mass is 10.3. The number of para-hydroxylation sites is 2. The number of oxazole rings is 1. The van der Waals surface area contributed by atoms with E-state index < -0.39 is 0 Å². The van der Waals surface area contributed by atoms with Crippen molar-refractivity contribution in [3.63, 3.8) is 0 Å². The first kappa shape index (κ1) is 10.8. The quantitative estimate of drug-likeness (QED) is 0.693. The molecular weight excluding hydrogens is 230 g/mol. The lowest BCUT2D eigenvalue weighted by Gasteiger charge is -2.01. The average molecular weight is 243 g/mol. The Kier molecular flexibility index (Phi) is 2.91. The molecule has 0 aliphatic rings. The van der Waals surface area contributed by atoms with E-state index in [0.29, 0.717) is 6.01 Å². The van der Waals surface area contributed by atoms with Crippen LogP contribution >= 0.6 is 0 Å². The van der Waals surface area contributed by atoms with Gasteiger partial charge in [0.2, 0.25) is 0 Å². The third kappa shape index (κ3) is 2.32. The van der Waals surface area contributed by atoms with Crippen molar-refractivity contribution in [1.29, 1.82) is 0 Å². The van der Waals surface area contributed by atoms with Gasteiger partial charge in [-0.1, -0.05) is 12.1 Å². The molecule has 0 aliphatic heterocycles. The van der Waals surface area contributed by atoms with Gasteiger partial charge in [0.05, 0.1) is 0 Å². The van der Waals surface area contributed by atoms with Crippen molar-refractivity contribution < 1.29 is 4.42 Å². The van der Waals surface area contributed by atoms with Gasteiger partial charge in [-0.3, -0.25) is 4.68 Å². The molecule has 6 nitrogen and oxygen atoms in total. The number of hydrogen-bond acceptors (Lipinski definition) is 5. The van der Waals surface area contributed by atoms with Gasteiger partial charge in [0, 0.05) is 13.1 Å². The summed E-state index contributed by atoms with van der Waals surface area (Å²) in [5.41, 5.74) is 1.67. The summed E-state index contributed by atoms with van der Waals surface area (Å²) in [6, 6.07) is 8.28. The molecule has 92 valence electrons. The predicted molar refractivity (Wildman–Crippen MR) is 67.1 cm³/mol. The van der Waals surface area contributed by atoms with Gasteiger partial charge < -0.3 is 9.73 Å². The number of fused-ring (bicyclic) bond motifs is 1. The van der Waals surface area contributed by atoms with Crippen molar-refractivity contribution in [2.45, 2.75) is 13.0 Å². The fraction of sp³-hybridized carbons (Fsp3) is 0.250. The van der Waals surface area contributed by atoms with Gasteiger partial charge in [-0.15, -0.1) is 0 Å². The largest absolute Gasteiger partial charge is 0.424 e. The van der Waals surface area contributed by atoms with Crippen LogP contribution in [0.3, 0.4) is 0 Å². The number of nitrogens with zero attached hydrogens (tertiary/aromatic N) is 4. The van der Waals surface area contributed by atoms with E-state index in [1.807, 2.05) is 24.3 Å². The van der Waals surface area contributed by atoms with Crippen LogP contribution in [-0.4, -0.2) is 26.3 Å². The molecular formula is C12H13N5O. The van der Waals surface area contributed by atoms with E-state index >= 15 is 0 Å². The summed E-state index contributed by atoms with van der Waals surface area (Å²) in [4.78, 5) is 8.22. The molecule has 3 aromatic rings. The molecule has 0 radical (unpaired) electrons. The Balaban J connectivity index is 1.53. The second-order valence-electron chi connectivity index (χ2n) is 3.93. The zero-order valence-electron chi connectivity index (χ0n) is 9.78. The highest BCUT2D eigenvalue weighted by Gasteiger charge is 2.03. The summed E-state index contributed by atoms with van der Waals surface area (Å²) in [5.74, 6) is 0. The van der Waals surface area contributed by atoms with Gasteiger partial charge in [0.1, 0.15) is 18.2 Å². The van der Waals surface area contributed by atoms with Gasteiger partial charge in [-0.05, 0) is 18.6 Å². The highest BCUT2D eigenvalue weighted by atomic mass is 16.4. The summed E-state index contributed by atoms with van der Waals surface area (Å²) in [7, 11) is 0. The number of aromatic nitrogens is 4. The molecule has 2 heterocycles. The number of aryl methyl sites for hydroxylation is 1. The minimum atomic E-state index is 0.565. The summed E-state index contributed by atoms with van der Waals surface area (Å²) < 4.78 is 7.35. The Morgan fingerprint density at radius 2 is 2.22 bits per heavy atom. The van der Waals surface area contributed by atoms with Crippen LogP contribution in [0.1, 0.15) is 6.42 Å². The number of hydrogen-bond donors (Lipinski definition) is 1. The molecule has 0 saturated carbocycles. The Bertz CT molecular complexity index is 583. The molecule has 1 aromatic carbocycles. The molecule has 0 aliphatic carbocycles. The van der Waals surface area contributed by atoms with Crippen LogP contribution in [-0.2, 0) is 6.54 Å². The van der Waals surface area contributed by atoms with Crippen LogP contribution in [0.25, 0.3) is 11.1 Å². The minimum Gasteiger partial charge on any atom is -0.424 e. The zero-order chi connectivity index (χ0) is 12.2. The van der Waals surface area contributed by atoms with Crippen molar-refractivity contribution in [2.75, 3.05) is 11.9 Å². The molecule has 0 spiro atoms. The highest BCUT2D eigenvalue weighted by molar-refractivity contribution is 5.74. The van der Waals surface area contributed by atoms with Crippen molar-refractivity contribution in [3.8, 4) is 0 Å². The molecule has 18 heavy (non-hydrogen) atoms. The van der Waals surface area contributed by atoms with E-state index in [4.69, 9.17) is 4.42 Å². The molecule has 0 unspecified atom stereocenters. The van der Waals surface area contributed by atoms with E-state index in [9.17, 15) is 0 Å². The standard InChI is InChI=1S/C12H13N5O/c1-2-5-11-10(4-1)16-12(18-11)14-6-3-7-17-9-13-8-15-17/h1-2,4-5,8-9H,3,6-7H2,(H,14,16). The van der Waals surface area contributed by atoms with Crippen molar-refractivity contribution in [1.82, 2.24) is 19.7 Å². The van der Waals surface area contributed by atoms with E-state index in [1.54, 1.807) is 11.0 Å². The fourth-order valence-corrected chi connectivity index (χ4v) is 1.73. The first-order valence-electron chi connectivity index (χ1n) is 5.84. The van der Waals surface area contributed by atoms with Crippen LogP contribution in [0, 0.1) is 0 Å². The molecule has 0 atom stereocenters. The summed E-state index contributed by atoms with van der Waals surface area (Å²) >= 11 is 0. The van der Waals surface area contributed by atoms with Gasteiger partial charge in [0.25, 0.3) is 6.01 Å². The Morgan fingerprint density at radius 3 is 3.06 bits per heavy atom. The van der Waals surface area contributed by atoms with Crippen LogP contribution in [0.2, 0.25) is 0 Å². The lowest BCUT2D eigenvalue weighted by Crippen LogP contribution is -2.07. The second kappa shape index (κ2) is 4.87. The third-order valence-electron chi connectivity index (χ3n) is 2.60. The van der Waals surface area contributed by atoms with Crippen molar-refractivity contribution in [2.24, 2.45) is 0 Å². The molecule has 3 rings (SSSR count). The van der Waals surface area contributed by atoms with Crippen LogP contribution in [0.4, 0.5) is 6.01 Å². The first-order chi connectivity index (χ1) is 8.92. The lowest BCUT2D eigenvalue weighted by molar-refractivity contribution is 0.575. The van der Waals surface area contributed by atoms with E-state index in [0.717, 1.165) is 30.6 Å².